The van der Waals surface area contributed by atoms with E-state index in [0.29, 0.717) is 5.70 Å². The number of aliphatic carboxylic acids is 1. The van der Waals surface area contributed by atoms with Crippen LogP contribution in [0.15, 0.2) is 46.8 Å². The van der Waals surface area contributed by atoms with E-state index in [0.717, 1.165) is 7.11 Å². The number of aliphatic hydroxyl groups is 2. The van der Waals surface area contributed by atoms with Crippen molar-refractivity contribution in [3.63, 3.8) is 0 Å². The van der Waals surface area contributed by atoms with E-state index in [1.165, 1.54) is 31.2 Å². The number of Topliss-reactive ketones (excluding diaryl/α,β-unsaturated/α-hetero) is 1. The fourth-order valence-electron chi connectivity index (χ4n) is 5.42. The van der Waals surface area contributed by atoms with Gasteiger partial charge in [0.25, 0.3) is 5.69 Å². The molecule has 13 nitrogen and oxygen atoms in total. The molecular formula is C24H26N2O11. The summed E-state index contributed by atoms with van der Waals surface area (Å²) in [6.45, 7) is 2.05. The van der Waals surface area contributed by atoms with Crippen LogP contribution in [0.1, 0.15) is 31.7 Å². The Hall–Kier alpha value is -3.65. The van der Waals surface area contributed by atoms with Gasteiger partial charge in [0, 0.05) is 35.0 Å². The summed E-state index contributed by atoms with van der Waals surface area (Å²) in [6.07, 6.45) is -3.68. The number of rotatable bonds is 7. The summed E-state index contributed by atoms with van der Waals surface area (Å²) in [5.74, 6) is -4.27. The Morgan fingerprint density at radius 3 is 2.54 bits per heavy atom. The molecule has 13 heteroatoms. The Morgan fingerprint density at radius 2 is 1.92 bits per heavy atom. The van der Waals surface area contributed by atoms with Crippen LogP contribution in [0.4, 0.5) is 5.69 Å². The number of methoxy groups -OCH3 is 1. The van der Waals surface area contributed by atoms with Crippen LogP contribution in [0.25, 0.3) is 0 Å². The zero-order valence-electron chi connectivity index (χ0n) is 20.2. The minimum Gasteiger partial charge on any atom is -0.481 e. The number of dihydropyridines is 1. The van der Waals surface area contributed by atoms with Gasteiger partial charge in [-0.05, 0) is 19.4 Å². The van der Waals surface area contributed by atoms with Crippen molar-refractivity contribution in [2.75, 3.05) is 20.3 Å². The number of benzene rings is 1. The van der Waals surface area contributed by atoms with Gasteiger partial charge >= 0.3 is 11.9 Å². The second-order valence-electron chi connectivity index (χ2n) is 9.28. The molecule has 0 aliphatic carbocycles. The molecule has 4 rings (SSSR count). The van der Waals surface area contributed by atoms with Crippen molar-refractivity contribution in [2.24, 2.45) is 0 Å². The number of carboxylic acids is 1. The molecule has 4 N–H and O–H groups in total. The van der Waals surface area contributed by atoms with E-state index in [4.69, 9.17) is 14.2 Å². The number of carboxylic acid groups (broad SMARTS) is 1. The fourth-order valence-corrected chi connectivity index (χ4v) is 5.42. The summed E-state index contributed by atoms with van der Waals surface area (Å²) in [7, 11) is 1.14. The van der Waals surface area contributed by atoms with Crippen molar-refractivity contribution >= 4 is 23.4 Å². The number of allylic oxidation sites excluding steroid dienone is 2. The first-order valence-electron chi connectivity index (χ1n) is 11.3. The lowest BCUT2D eigenvalue weighted by Crippen LogP contribution is -2.57. The quantitative estimate of drug-likeness (QED) is 0.219. The molecule has 0 bridgehead atoms. The van der Waals surface area contributed by atoms with E-state index in [2.05, 4.69) is 5.32 Å². The maximum atomic E-state index is 14.1. The highest BCUT2D eigenvalue weighted by atomic mass is 16.6. The highest BCUT2D eigenvalue weighted by molar-refractivity contribution is 6.08. The second kappa shape index (κ2) is 9.34. The lowest BCUT2D eigenvalue weighted by Gasteiger charge is -2.36. The lowest BCUT2D eigenvalue weighted by molar-refractivity contribution is -0.384. The predicted molar refractivity (Wildman–Crippen MR) is 123 cm³/mol. The standard InChI is InChI=1S/C24H26N2O11/c1-11-17(20(30)23(32)10-37-24(8-16(28)29)15(27)9-36-22(23)24)19(18(12(2)25-11)21(31)35-3)13-5-4-6-14(7-13)26(33)34/h4-7,15,19,22,25,27,32H,8-10H2,1-3H3,(H,28,29)/t15-,19?,22+,23-,24-/m0/s1. The van der Waals surface area contributed by atoms with Gasteiger partial charge in [-0.15, -0.1) is 0 Å². The minimum absolute atomic E-state index is 0.0105. The number of hydrogen-bond acceptors (Lipinski definition) is 11. The zero-order chi connectivity index (χ0) is 27.3. The van der Waals surface area contributed by atoms with Crippen molar-refractivity contribution in [3.8, 4) is 0 Å². The summed E-state index contributed by atoms with van der Waals surface area (Å²) in [6, 6.07) is 5.37. The van der Waals surface area contributed by atoms with Crippen LogP contribution < -0.4 is 5.32 Å². The number of nitrogens with one attached hydrogen (secondary N) is 1. The molecule has 0 spiro atoms. The van der Waals surface area contributed by atoms with Gasteiger partial charge in [0.1, 0.15) is 17.8 Å². The SMILES string of the molecule is COC(=O)C1=C(C)NC(C)=C(C(=O)[C@@]2(O)CO[C@@]3(CC(=O)O)[C@@H](O)CO[C@@H]32)C1c1cccc([N+](=O)[O-])c1. The third-order valence-electron chi connectivity index (χ3n) is 7.07. The average Bonchev–Trinajstić information content (AvgIpc) is 3.32. The number of nitro benzene ring substituents is 1. The number of fused-ring (bicyclic) bond motifs is 1. The number of nitro groups is 1. The molecule has 3 heterocycles. The normalized spacial score (nSPS) is 31.1. The van der Waals surface area contributed by atoms with Crippen LogP contribution in [0.3, 0.4) is 0 Å². The Bertz CT molecular complexity index is 1250. The number of non-ortho nitro benzene ring substituents is 1. The van der Waals surface area contributed by atoms with Gasteiger partial charge in [-0.25, -0.2) is 4.79 Å². The van der Waals surface area contributed by atoms with Gasteiger partial charge in [0.15, 0.2) is 11.4 Å². The van der Waals surface area contributed by atoms with Crippen LogP contribution in [-0.2, 0) is 28.6 Å². The van der Waals surface area contributed by atoms with E-state index in [-0.39, 0.29) is 34.7 Å². The van der Waals surface area contributed by atoms with Gasteiger partial charge < -0.3 is 34.8 Å². The molecule has 1 unspecified atom stereocenters. The minimum atomic E-state index is -2.43. The molecule has 0 saturated carbocycles. The first kappa shape index (κ1) is 26.4. The Morgan fingerprint density at radius 1 is 1.24 bits per heavy atom. The van der Waals surface area contributed by atoms with E-state index in [1.54, 1.807) is 6.92 Å². The molecule has 0 aromatic heterocycles. The van der Waals surface area contributed by atoms with Crippen molar-refractivity contribution < 1.29 is 48.8 Å². The number of esters is 1. The molecule has 1 aromatic rings. The van der Waals surface area contributed by atoms with E-state index >= 15 is 0 Å². The summed E-state index contributed by atoms with van der Waals surface area (Å²) in [4.78, 5) is 49.4. The molecule has 5 atom stereocenters. The lowest BCUT2D eigenvalue weighted by atomic mass is 9.72. The Balaban J connectivity index is 1.86. The molecule has 0 radical (unpaired) electrons. The average molecular weight is 518 g/mol. The largest absolute Gasteiger partial charge is 0.481 e. The number of ether oxygens (including phenoxy) is 3. The molecule has 1 aromatic carbocycles. The van der Waals surface area contributed by atoms with Gasteiger partial charge in [0.05, 0.1) is 37.2 Å². The Labute approximate surface area is 210 Å². The summed E-state index contributed by atoms with van der Waals surface area (Å²) >= 11 is 0. The number of ketones is 1. The maximum Gasteiger partial charge on any atom is 0.336 e. The van der Waals surface area contributed by atoms with Crippen molar-refractivity contribution in [1.82, 2.24) is 5.32 Å². The van der Waals surface area contributed by atoms with E-state index in [1.807, 2.05) is 0 Å². The van der Waals surface area contributed by atoms with Crippen LogP contribution in [0, 0.1) is 10.1 Å². The summed E-state index contributed by atoms with van der Waals surface area (Å²) in [5, 5.41) is 45.9. The molecule has 2 fully saturated rings. The van der Waals surface area contributed by atoms with Crippen molar-refractivity contribution in [1.29, 1.82) is 0 Å². The van der Waals surface area contributed by atoms with E-state index in [9.17, 15) is 39.8 Å². The first-order chi connectivity index (χ1) is 17.4. The molecule has 0 amide bonds. The Kier molecular flexibility index (Phi) is 6.67. The topological polar surface area (TPSA) is 195 Å². The van der Waals surface area contributed by atoms with E-state index < -0.39 is 65.0 Å². The monoisotopic (exact) mass is 518 g/mol. The number of carbonyl (C=O) groups is 3. The maximum absolute atomic E-state index is 14.1. The molecule has 198 valence electrons. The molecule has 37 heavy (non-hydrogen) atoms. The summed E-state index contributed by atoms with van der Waals surface area (Å²) < 4.78 is 16.0. The smallest absolute Gasteiger partial charge is 0.336 e. The van der Waals surface area contributed by atoms with Gasteiger partial charge in [-0.3, -0.25) is 19.7 Å². The van der Waals surface area contributed by atoms with Crippen LogP contribution in [-0.4, -0.2) is 81.7 Å². The van der Waals surface area contributed by atoms with Gasteiger partial charge in [-0.2, -0.15) is 0 Å². The number of carbonyl (C=O) groups excluding carboxylic acids is 2. The molecular weight excluding hydrogens is 492 g/mol. The predicted octanol–water partition coefficient (Wildman–Crippen LogP) is 0.306. The summed E-state index contributed by atoms with van der Waals surface area (Å²) in [5.41, 5.74) is -3.93. The third-order valence-corrected chi connectivity index (χ3v) is 7.07. The van der Waals surface area contributed by atoms with Gasteiger partial charge in [-0.1, -0.05) is 12.1 Å². The highest BCUT2D eigenvalue weighted by Crippen LogP contribution is 2.49. The van der Waals surface area contributed by atoms with Crippen LogP contribution >= 0.6 is 0 Å². The third kappa shape index (κ3) is 4.09. The fraction of sp³-hybridized carbons (Fsp3) is 0.458. The first-order valence-corrected chi connectivity index (χ1v) is 11.3. The van der Waals surface area contributed by atoms with Crippen molar-refractivity contribution in [2.45, 2.75) is 49.6 Å². The number of hydrogen-bond donors (Lipinski definition) is 4. The van der Waals surface area contributed by atoms with Crippen molar-refractivity contribution in [3.05, 3.63) is 62.5 Å². The van der Waals surface area contributed by atoms with Gasteiger partial charge in [0.2, 0.25) is 0 Å². The molecule has 2 saturated heterocycles. The zero-order valence-corrected chi connectivity index (χ0v) is 20.2. The second-order valence-corrected chi connectivity index (χ2v) is 9.28. The van der Waals surface area contributed by atoms with Crippen LogP contribution in [0.5, 0.6) is 0 Å². The molecule has 3 aliphatic heterocycles. The molecule has 3 aliphatic rings. The highest BCUT2D eigenvalue weighted by Gasteiger charge is 2.69. The number of aliphatic hydroxyl groups excluding tert-OH is 1. The van der Waals surface area contributed by atoms with Crippen LogP contribution in [0.2, 0.25) is 0 Å². The number of nitrogens with zero attached hydrogens (tertiary/aromatic N) is 1.